The summed E-state index contributed by atoms with van der Waals surface area (Å²) in [6, 6.07) is 0. The van der Waals surface area contributed by atoms with E-state index in [2.05, 4.69) is 23.1 Å². The summed E-state index contributed by atoms with van der Waals surface area (Å²) >= 11 is 0. The lowest BCUT2D eigenvalue weighted by Crippen LogP contribution is -2.02. The highest BCUT2D eigenvalue weighted by atomic mass is 14.8. The molecular weight excluding hydrogens is 124 g/mol. The van der Waals surface area contributed by atoms with Gasteiger partial charge in [0, 0.05) is 12.4 Å². The van der Waals surface area contributed by atoms with Crippen LogP contribution in [-0.4, -0.2) is 11.4 Å². The second-order valence-corrected chi connectivity index (χ2v) is 1.73. The minimum atomic E-state index is 0.805. The second-order valence-electron chi connectivity index (χ2n) is 1.73. The zero-order valence-corrected chi connectivity index (χ0v) is 5.62. The molecule has 1 rings (SSSR count). The van der Waals surface area contributed by atoms with Gasteiger partial charge in [0.05, 0.1) is 11.4 Å². The van der Waals surface area contributed by atoms with Crippen LogP contribution in [0.15, 0.2) is 47.7 Å². The highest BCUT2D eigenvalue weighted by Gasteiger charge is 2.03. The van der Waals surface area contributed by atoms with E-state index in [1.807, 2.05) is 6.08 Å². The van der Waals surface area contributed by atoms with Crippen LogP contribution in [0.4, 0.5) is 0 Å². The molecule has 0 N–H and O–H groups in total. The van der Waals surface area contributed by atoms with Crippen molar-refractivity contribution < 1.29 is 0 Å². The van der Waals surface area contributed by atoms with Crippen molar-refractivity contribution in [2.75, 3.05) is 0 Å². The van der Waals surface area contributed by atoms with Gasteiger partial charge in [-0.25, -0.2) is 0 Å². The maximum absolute atomic E-state index is 3.99. The average Bonchev–Trinajstić information content (AvgIpc) is 2.36. The summed E-state index contributed by atoms with van der Waals surface area (Å²) in [6.07, 6.45) is 6.67. The van der Waals surface area contributed by atoms with Gasteiger partial charge >= 0.3 is 0 Å². The molecule has 0 amide bonds. The molecule has 1 aliphatic heterocycles. The summed E-state index contributed by atoms with van der Waals surface area (Å²) in [6.45, 7) is 7.07. The summed E-state index contributed by atoms with van der Waals surface area (Å²) in [4.78, 5) is 7.96. The lowest BCUT2D eigenvalue weighted by atomic mass is 10.2. The first-order valence-corrected chi connectivity index (χ1v) is 2.94. The van der Waals surface area contributed by atoms with Crippen LogP contribution in [0.3, 0.4) is 0 Å². The van der Waals surface area contributed by atoms with Crippen LogP contribution in [-0.2, 0) is 0 Å². The van der Waals surface area contributed by atoms with Gasteiger partial charge in [-0.15, -0.1) is 0 Å². The Hall–Kier alpha value is -1.44. The SMILES string of the molecule is C=CN=C1C=CN=C1C=C. The molecule has 0 aromatic carbocycles. The normalized spacial score (nSPS) is 19.2. The van der Waals surface area contributed by atoms with Gasteiger partial charge < -0.3 is 0 Å². The highest BCUT2D eigenvalue weighted by molar-refractivity contribution is 6.51. The summed E-state index contributed by atoms with van der Waals surface area (Å²) < 4.78 is 0. The minimum absolute atomic E-state index is 0.805. The summed E-state index contributed by atoms with van der Waals surface area (Å²) in [5.74, 6) is 0. The Labute approximate surface area is 60.0 Å². The molecule has 50 valence electrons. The number of hydrogen-bond acceptors (Lipinski definition) is 2. The molecular formula is C8H8N2. The van der Waals surface area contributed by atoms with Gasteiger partial charge in [0.1, 0.15) is 0 Å². The Morgan fingerprint density at radius 1 is 1.50 bits per heavy atom. The first kappa shape index (κ1) is 6.68. The van der Waals surface area contributed by atoms with Crippen molar-refractivity contribution in [1.29, 1.82) is 0 Å². The fraction of sp³-hybridized carbons (Fsp3) is 0. The smallest absolute Gasteiger partial charge is 0.0900 e. The molecule has 0 aliphatic carbocycles. The molecule has 1 heterocycles. The zero-order valence-electron chi connectivity index (χ0n) is 5.62. The Kier molecular flexibility index (Phi) is 1.95. The van der Waals surface area contributed by atoms with E-state index in [0.29, 0.717) is 0 Å². The molecule has 10 heavy (non-hydrogen) atoms. The minimum Gasteiger partial charge on any atom is -0.255 e. The van der Waals surface area contributed by atoms with Crippen LogP contribution in [0.1, 0.15) is 0 Å². The quantitative estimate of drug-likeness (QED) is 0.546. The Morgan fingerprint density at radius 3 is 2.90 bits per heavy atom. The van der Waals surface area contributed by atoms with E-state index in [9.17, 15) is 0 Å². The maximum atomic E-state index is 3.99. The number of allylic oxidation sites excluding steroid dienone is 2. The number of nitrogens with zero attached hydrogens (tertiary/aromatic N) is 2. The lowest BCUT2D eigenvalue weighted by Gasteiger charge is -1.89. The van der Waals surface area contributed by atoms with E-state index in [-0.39, 0.29) is 0 Å². The van der Waals surface area contributed by atoms with E-state index in [1.165, 1.54) is 6.20 Å². The van der Waals surface area contributed by atoms with Crippen molar-refractivity contribution in [2.24, 2.45) is 9.98 Å². The molecule has 2 nitrogen and oxygen atoms in total. The molecule has 0 aromatic rings. The van der Waals surface area contributed by atoms with Crippen molar-refractivity contribution in [3.63, 3.8) is 0 Å². The standard InChI is InChI=1S/C8H8N2/c1-3-7-8(9-4-2)5-6-10-7/h3-6H,1-2H2. The van der Waals surface area contributed by atoms with Crippen LogP contribution in [0, 0.1) is 0 Å². The van der Waals surface area contributed by atoms with Gasteiger partial charge in [0.2, 0.25) is 0 Å². The second kappa shape index (κ2) is 2.92. The van der Waals surface area contributed by atoms with Gasteiger partial charge in [0.15, 0.2) is 0 Å². The maximum Gasteiger partial charge on any atom is 0.0900 e. The predicted octanol–water partition coefficient (Wildman–Crippen LogP) is 1.73. The van der Waals surface area contributed by atoms with Crippen molar-refractivity contribution in [1.82, 2.24) is 0 Å². The monoisotopic (exact) mass is 132 g/mol. The highest BCUT2D eigenvalue weighted by Crippen LogP contribution is 1.99. The first-order chi connectivity index (χ1) is 4.88. The third kappa shape index (κ3) is 1.10. The lowest BCUT2D eigenvalue weighted by molar-refractivity contribution is 1.61. The molecule has 0 fully saturated rings. The van der Waals surface area contributed by atoms with Crippen molar-refractivity contribution in [2.45, 2.75) is 0 Å². The van der Waals surface area contributed by atoms with Gasteiger partial charge in [-0.3, -0.25) is 9.98 Å². The molecule has 0 saturated carbocycles. The number of hydrogen-bond donors (Lipinski definition) is 0. The van der Waals surface area contributed by atoms with E-state index in [0.717, 1.165) is 11.4 Å². The Morgan fingerprint density at radius 2 is 2.30 bits per heavy atom. The molecule has 0 radical (unpaired) electrons. The van der Waals surface area contributed by atoms with Crippen LogP contribution >= 0.6 is 0 Å². The summed E-state index contributed by atoms with van der Waals surface area (Å²) in [7, 11) is 0. The molecule has 0 unspecified atom stereocenters. The summed E-state index contributed by atoms with van der Waals surface area (Å²) in [5.41, 5.74) is 1.63. The zero-order chi connectivity index (χ0) is 7.40. The summed E-state index contributed by atoms with van der Waals surface area (Å²) in [5, 5.41) is 0. The third-order valence-electron chi connectivity index (χ3n) is 1.13. The van der Waals surface area contributed by atoms with Gasteiger partial charge in [0.25, 0.3) is 0 Å². The molecule has 0 atom stereocenters. The van der Waals surface area contributed by atoms with Crippen LogP contribution < -0.4 is 0 Å². The topological polar surface area (TPSA) is 24.7 Å². The Balaban J connectivity index is 2.90. The van der Waals surface area contributed by atoms with E-state index in [4.69, 9.17) is 0 Å². The molecule has 0 aromatic heterocycles. The molecule has 1 aliphatic rings. The van der Waals surface area contributed by atoms with Gasteiger partial charge in [-0.05, 0) is 12.2 Å². The van der Waals surface area contributed by atoms with E-state index >= 15 is 0 Å². The van der Waals surface area contributed by atoms with E-state index in [1.54, 1.807) is 12.3 Å². The fourth-order valence-electron chi connectivity index (χ4n) is 0.704. The van der Waals surface area contributed by atoms with Gasteiger partial charge in [-0.2, -0.15) is 0 Å². The number of aliphatic imine (C=N–C) groups is 2. The van der Waals surface area contributed by atoms with Gasteiger partial charge in [-0.1, -0.05) is 13.2 Å². The largest absolute Gasteiger partial charge is 0.255 e. The average molecular weight is 132 g/mol. The van der Waals surface area contributed by atoms with Crippen molar-refractivity contribution in [3.8, 4) is 0 Å². The molecule has 2 heteroatoms. The first-order valence-electron chi connectivity index (χ1n) is 2.94. The third-order valence-corrected chi connectivity index (χ3v) is 1.13. The molecule has 0 bridgehead atoms. The van der Waals surface area contributed by atoms with Crippen LogP contribution in [0.25, 0.3) is 0 Å². The van der Waals surface area contributed by atoms with E-state index < -0.39 is 0 Å². The van der Waals surface area contributed by atoms with Crippen molar-refractivity contribution >= 4 is 11.4 Å². The molecule has 0 spiro atoms. The molecule has 0 saturated heterocycles. The van der Waals surface area contributed by atoms with Crippen LogP contribution in [0.5, 0.6) is 0 Å². The number of rotatable bonds is 2. The predicted molar refractivity (Wildman–Crippen MR) is 44.4 cm³/mol. The van der Waals surface area contributed by atoms with Crippen LogP contribution in [0.2, 0.25) is 0 Å². The fourth-order valence-corrected chi connectivity index (χ4v) is 0.704. The Bertz CT molecular complexity index is 244. The van der Waals surface area contributed by atoms with Crippen molar-refractivity contribution in [3.05, 3.63) is 37.7 Å².